The zero-order chi connectivity index (χ0) is 25.9. The number of aryl methyl sites for hydroxylation is 1. The molecule has 38 heavy (non-hydrogen) atoms. The van der Waals surface area contributed by atoms with E-state index in [2.05, 4.69) is 61.6 Å². The molecule has 1 aliphatic rings. The predicted molar refractivity (Wildman–Crippen MR) is 148 cm³/mol. The Labute approximate surface area is 222 Å². The Kier molecular flexibility index (Phi) is 6.75. The van der Waals surface area contributed by atoms with Gasteiger partial charge in [0.25, 0.3) is 0 Å². The van der Waals surface area contributed by atoms with Gasteiger partial charge in [0.2, 0.25) is 0 Å². The van der Waals surface area contributed by atoms with Crippen LogP contribution in [-0.4, -0.2) is 60.8 Å². The lowest BCUT2D eigenvalue weighted by Gasteiger charge is -2.12. The van der Waals surface area contributed by atoms with Crippen molar-refractivity contribution < 1.29 is 4.74 Å². The van der Waals surface area contributed by atoms with Gasteiger partial charge in [-0.25, -0.2) is 15.0 Å². The molecule has 4 aromatic heterocycles. The van der Waals surface area contributed by atoms with Gasteiger partial charge >= 0.3 is 0 Å². The summed E-state index contributed by atoms with van der Waals surface area (Å²) in [6, 6.07) is 14.4. The number of anilines is 1. The Morgan fingerprint density at radius 3 is 2.68 bits per heavy atom. The van der Waals surface area contributed by atoms with E-state index in [-0.39, 0.29) is 0 Å². The number of fused-ring (bicyclic) bond motifs is 1. The van der Waals surface area contributed by atoms with Gasteiger partial charge in [-0.3, -0.25) is 9.08 Å². The summed E-state index contributed by atoms with van der Waals surface area (Å²) in [5.74, 6) is 2.34. The molecule has 0 spiro atoms. The van der Waals surface area contributed by atoms with E-state index in [9.17, 15) is 0 Å². The summed E-state index contributed by atoms with van der Waals surface area (Å²) >= 11 is 0. The van der Waals surface area contributed by atoms with E-state index in [0.29, 0.717) is 6.54 Å². The second-order valence-electron chi connectivity index (χ2n) is 10.0. The SMILES string of the molecule is CN1CCC(CCOc2ccn3c(-c4cc(NCc5ccc(-c6cnn(C)c6)cc5)ncn4)cnc3c2)C1. The molecular weight excluding hydrogens is 476 g/mol. The Bertz CT molecular complexity index is 1520. The van der Waals surface area contributed by atoms with E-state index in [0.717, 1.165) is 58.7 Å². The molecular formula is C29H32N8O. The van der Waals surface area contributed by atoms with Crippen LogP contribution in [0.1, 0.15) is 18.4 Å². The van der Waals surface area contributed by atoms with Gasteiger partial charge < -0.3 is 15.0 Å². The average Bonchev–Trinajstić information content (AvgIpc) is 3.67. The van der Waals surface area contributed by atoms with Gasteiger partial charge in [0.1, 0.15) is 23.5 Å². The maximum Gasteiger partial charge on any atom is 0.140 e. The molecule has 6 rings (SSSR count). The Morgan fingerprint density at radius 2 is 1.89 bits per heavy atom. The van der Waals surface area contributed by atoms with Crippen LogP contribution in [0.4, 0.5) is 5.82 Å². The summed E-state index contributed by atoms with van der Waals surface area (Å²) in [5, 5.41) is 7.66. The molecule has 1 fully saturated rings. The highest BCUT2D eigenvalue weighted by molar-refractivity contribution is 5.64. The minimum atomic E-state index is 0.661. The number of rotatable bonds is 9. The first-order chi connectivity index (χ1) is 18.6. The number of imidazole rings is 1. The Morgan fingerprint density at radius 1 is 1.00 bits per heavy atom. The van der Waals surface area contributed by atoms with Crippen molar-refractivity contribution in [2.45, 2.75) is 19.4 Å². The fraction of sp³-hybridized carbons (Fsp3) is 0.310. The van der Waals surface area contributed by atoms with Gasteiger partial charge in [-0.05, 0) is 49.5 Å². The van der Waals surface area contributed by atoms with Crippen molar-refractivity contribution in [2.24, 2.45) is 13.0 Å². The highest BCUT2D eigenvalue weighted by Crippen LogP contribution is 2.25. The van der Waals surface area contributed by atoms with E-state index in [1.165, 1.54) is 25.1 Å². The van der Waals surface area contributed by atoms with Crippen LogP contribution < -0.4 is 10.1 Å². The van der Waals surface area contributed by atoms with Crippen LogP contribution in [0.5, 0.6) is 5.75 Å². The molecule has 0 amide bonds. The molecule has 194 valence electrons. The van der Waals surface area contributed by atoms with Crippen LogP contribution in [0, 0.1) is 5.92 Å². The van der Waals surface area contributed by atoms with Crippen molar-refractivity contribution in [3.8, 4) is 28.3 Å². The quantitative estimate of drug-likeness (QED) is 0.313. The number of aromatic nitrogens is 6. The minimum Gasteiger partial charge on any atom is -0.493 e. The zero-order valence-electron chi connectivity index (χ0n) is 21.8. The topological polar surface area (TPSA) is 85.4 Å². The van der Waals surface area contributed by atoms with Crippen LogP contribution in [-0.2, 0) is 13.6 Å². The van der Waals surface area contributed by atoms with Crippen molar-refractivity contribution in [3.63, 3.8) is 0 Å². The van der Waals surface area contributed by atoms with E-state index in [1.54, 1.807) is 6.33 Å². The summed E-state index contributed by atoms with van der Waals surface area (Å²) in [5.41, 5.74) is 5.97. The lowest BCUT2D eigenvalue weighted by atomic mass is 10.1. The van der Waals surface area contributed by atoms with Crippen LogP contribution in [0.15, 0.2) is 73.6 Å². The number of nitrogens with zero attached hydrogens (tertiary/aromatic N) is 7. The van der Waals surface area contributed by atoms with E-state index in [4.69, 9.17) is 4.74 Å². The molecule has 1 aliphatic heterocycles. The second-order valence-corrected chi connectivity index (χ2v) is 10.0. The normalized spacial score (nSPS) is 15.8. The lowest BCUT2D eigenvalue weighted by Crippen LogP contribution is -2.15. The summed E-state index contributed by atoms with van der Waals surface area (Å²) in [6.07, 6.45) is 11.7. The number of hydrogen-bond donors (Lipinski definition) is 1. The molecule has 1 atom stereocenters. The Hall–Kier alpha value is -4.24. The monoisotopic (exact) mass is 508 g/mol. The molecule has 0 radical (unpaired) electrons. The third-order valence-electron chi connectivity index (χ3n) is 7.16. The molecule has 5 aromatic rings. The number of ether oxygens (including phenoxy) is 1. The van der Waals surface area contributed by atoms with Gasteiger partial charge in [-0.15, -0.1) is 0 Å². The number of nitrogens with one attached hydrogen (secondary N) is 1. The zero-order valence-corrected chi connectivity index (χ0v) is 21.8. The minimum absolute atomic E-state index is 0.661. The number of pyridine rings is 1. The number of hydrogen-bond acceptors (Lipinski definition) is 7. The predicted octanol–water partition coefficient (Wildman–Crippen LogP) is 4.52. The molecule has 0 saturated carbocycles. The molecule has 9 heteroatoms. The van der Waals surface area contributed by atoms with Crippen molar-refractivity contribution >= 4 is 11.5 Å². The van der Waals surface area contributed by atoms with Crippen LogP contribution in [0.25, 0.3) is 28.2 Å². The third kappa shape index (κ3) is 5.38. The maximum absolute atomic E-state index is 6.04. The van der Waals surface area contributed by atoms with E-state index >= 15 is 0 Å². The highest BCUT2D eigenvalue weighted by Gasteiger charge is 2.19. The fourth-order valence-electron chi connectivity index (χ4n) is 5.02. The molecule has 5 heterocycles. The van der Waals surface area contributed by atoms with Gasteiger partial charge in [0.15, 0.2) is 0 Å². The van der Waals surface area contributed by atoms with Crippen LogP contribution in [0.2, 0.25) is 0 Å². The summed E-state index contributed by atoms with van der Waals surface area (Å²) in [4.78, 5) is 15.9. The first-order valence-corrected chi connectivity index (χ1v) is 13.0. The van der Waals surface area contributed by atoms with Gasteiger partial charge in [0.05, 0.1) is 30.4 Å². The average molecular weight is 509 g/mol. The van der Waals surface area contributed by atoms with Crippen LogP contribution in [0.3, 0.4) is 0 Å². The van der Waals surface area contributed by atoms with Gasteiger partial charge in [-0.1, -0.05) is 24.3 Å². The third-order valence-corrected chi connectivity index (χ3v) is 7.16. The summed E-state index contributed by atoms with van der Waals surface area (Å²) in [6.45, 7) is 3.75. The van der Waals surface area contributed by atoms with Gasteiger partial charge in [-0.2, -0.15) is 5.10 Å². The molecule has 1 aromatic carbocycles. The molecule has 0 bridgehead atoms. The smallest absolute Gasteiger partial charge is 0.140 e. The Balaban J connectivity index is 1.09. The number of benzene rings is 1. The molecule has 1 N–H and O–H groups in total. The molecule has 9 nitrogen and oxygen atoms in total. The molecule has 1 saturated heterocycles. The first-order valence-electron chi connectivity index (χ1n) is 13.0. The lowest BCUT2D eigenvalue weighted by molar-refractivity contribution is 0.276. The standard InChI is InChI=1S/C29H32N8O/c1-35-10-7-22(18-35)9-12-38-25-8-11-37-27(17-31-29(37)13-25)26-14-28(33-20-32-26)30-15-21-3-5-23(6-4-21)24-16-34-36(2)19-24/h3-6,8,11,13-14,16-17,19-20,22H,7,9-10,12,15,18H2,1-2H3,(H,30,32,33). The summed E-state index contributed by atoms with van der Waals surface area (Å²) < 4.78 is 9.88. The van der Waals surface area contributed by atoms with Crippen molar-refractivity contribution in [1.29, 1.82) is 0 Å². The molecule has 1 unspecified atom stereocenters. The van der Waals surface area contributed by atoms with Crippen LogP contribution >= 0.6 is 0 Å². The first kappa shape index (κ1) is 24.1. The molecule has 0 aliphatic carbocycles. The van der Waals surface area contributed by atoms with Gasteiger partial charge in [0, 0.05) is 50.2 Å². The van der Waals surface area contributed by atoms with Crippen molar-refractivity contribution in [3.05, 3.63) is 79.1 Å². The maximum atomic E-state index is 6.04. The van der Waals surface area contributed by atoms with E-state index < -0.39 is 0 Å². The second kappa shape index (κ2) is 10.6. The largest absolute Gasteiger partial charge is 0.493 e. The van der Waals surface area contributed by atoms with Crippen molar-refractivity contribution in [2.75, 3.05) is 32.1 Å². The highest BCUT2D eigenvalue weighted by atomic mass is 16.5. The summed E-state index contributed by atoms with van der Waals surface area (Å²) in [7, 11) is 4.11. The number of likely N-dealkylation sites (tertiary alicyclic amines) is 1. The van der Waals surface area contributed by atoms with E-state index in [1.807, 2.05) is 59.1 Å². The van der Waals surface area contributed by atoms with Crippen molar-refractivity contribution in [1.82, 2.24) is 34.0 Å². The fourth-order valence-corrected chi connectivity index (χ4v) is 5.02.